The number of rotatable bonds is 6. The number of carbonyl (C=O) groups excluding carboxylic acids is 3. The largest absolute Gasteiger partial charge is 0.483 e. The van der Waals surface area contributed by atoms with Gasteiger partial charge in [0.05, 0.1) is 12.1 Å². The first-order chi connectivity index (χ1) is 10.1. The summed E-state index contributed by atoms with van der Waals surface area (Å²) >= 11 is 0. The highest BCUT2D eigenvalue weighted by atomic mass is 16.5. The van der Waals surface area contributed by atoms with Crippen LogP contribution in [-0.4, -0.2) is 31.3 Å². The number of amides is 2. The predicted octanol–water partition coefficient (Wildman–Crippen LogP) is 0.633. The van der Waals surface area contributed by atoms with E-state index in [9.17, 15) is 14.4 Å². The molecule has 2 aromatic rings. The Morgan fingerprint density at radius 3 is 2.67 bits per heavy atom. The lowest BCUT2D eigenvalue weighted by atomic mass is 10.0. The van der Waals surface area contributed by atoms with Crippen LogP contribution in [0.25, 0.3) is 10.8 Å². The lowest BCUT2D eigenvalue weighted by Gasteiger charge is -2.10. The Morgan fingerprint density at radius 1 is 1.19 bits per heavy atom. The monoisotopic (exact) mass is 286 g/mol. The van der Waals surface area contributed by atoms with Gasteiger partial charge in [-0.1, -0.05) is 30.3 Å². The number of nitrogens with two attached hydrogens (primary N) is 1. The van der Waals surface area contributed by atoms with Crippen LogP contribution < -0.4 is 15.8 Å². The second kappa shape index (κ2) is 6.51. The molecule has 0 atom stereocenters. The summed E-state index contributed by atoms with van der Waals surface area (Å²) in [4.78, 5) is 33.3. The average molecular weight is 286 g/mol. The summed E-state index contributed by atoms with van der Waals surface area (Å²) in [7, 11) is 0. The normalized spacial score (nSPS) is 10.1. The smallest absolute Gasteiger partial charge is 0.258 e. The number of hydrogen-bond acceptors (Lipinski definition) is 4. The number of primary amides is 1. The summed E-state index contributed by atoms with van der Waals surface area (Å²) < 4.78 is 5.33. The van der Waals surface area contributed by atoms with Crippen molar-refractivity contribution in [3.05, 3.63) is 42.0 Å². The lowest BCUT2D eigenvalue weighted by Crippen LogP contribution is -2.36. The number of carbonyl (C=O) groups is 3. The number of nitrogens with one attached hydrogen (secondary N) is 1. The highest BCUT2D eigenvalue weighted by Gasteiger charge is 2.10. The molecule has 0 unspecified atom stereocenters. The van der Waals surface area contributed by atoms with Crippen molar-refractivity contribution in [1.82, 2.24) is 5.32 Å². The minimum absolute atomic E-state index is 0.250. The Bertz CT molecular complexity index is 697. The molecule has 0 aliphatic rings. The van der Waals surface area contributed by atoms with Crippen molar-refractivity contribution in [3.63, 3.8) is 0 Å². The number of benzene rings is 2. The van der Waals surface area contributed by atoms with E-state index in [-0.39, 0.29) is 13.2 Å². The number of fused-ring (bicyclic) bond motifs is 1. The van der Waals surface area contributed by atoms with Gasteiger partial charge < -0.3 is 15.8 Å². The third-order valence-electron chi connectivity index (χ3n) is 2.87. The van der Waals surface area contributed by atoms with Gasteiger partial charge in [0.2, 0.25) is 5.91 Å². The molecular formula is C15H14N2O4. The minimum Gasteiger partial charge on any atom is -0.483 e. The number of hydrogen-bond donors (Lipinski definition) is 2. The van der Waals surface area contributed by atoms with Crippen LogP contribution >= 0.6 is 0 Å². The van der Waals surface area contributed by atoms with Gasteiger partial charge in [0.25, 0.3) is 5.91 Å². The van der Waals surface area contributed by atoms with Crippen molar-refractivity contribution < 1.29 is 19.1 Å². The topological polar surface area (TPSA) is 98.5 Å². The number of ether oxygens (including phenoxy) is 1. The zero-order valence-electron chi connectivity index (χ0n) is 11.2. The van der Waals surface area contributed by atoms with Gasteiger partial charge in [-0.25, -0.2) is 0 Å². The van der Waals surface area contributed by atoms with Crippen molar-refractivity contribution in [3.8, 4) is 5.75 Å². The zero-order valence-corrected chi connectivity index (χ0v) is 11.2. The Labute approximate surface area is 120 Å². The second-order valence-corrected chi connectivity index (χ2v) is 4.35. The maximum Gasteiger partial charge on any atom is 0.258 e. The van der Waals surface area contributed by atoms with Gasteiger partial charge in [-0.05, 0) is 16.8 Å². The van der Waals surface area contributed by atoms with E-state index < -0.39 is 11.8 Å². The average Bonchev–Trinajstić information content (AvgIpc) is 2.50. The summed E-state index contributed by atoms with van der Waals surface area (Å²) in [5.41, 5.74) is 5.30. The Balaban J connectivity index is 2.13. The van der Waals surface area contributed by atoms with Gasteiger partial charge in [-0.15, -0.1) is 0 Å². The first-order valence-corrected chi connectivity index (χ1v) is 6.26. The quantitative estimate of drug-likeness (QED) is 0.761. The van der Waals surface area contributed by atoms with Crippen LogP contribution in [0.15, 0.2) is 36.4 Å². The van der Waals surface area contributed by atoms with E-state index in [1.165, 1.54) is 0 Å². The van der Waals surface area contributed by atoms with Gasteiger partial charge in [0, 0.05) is 0 Å². The number of aldehydes is 1. The van der Waals surface area contributed by atoms with Gasteiger partial charge in [-0.2, -0.15) is 0 Å². The molecule has 2 aromatic carbocycles. The first-order valence-electron chi connectivity index (χ1n) is 6.26. The van der Waals surface area contributed by atoms with E-state index in [1.807, 2.05) is 18.2 Å². The molecule has 0 aliphatic heterocycles. The third kappa shape index (κ3) is 3.56. The molecule has 0 saturated heterocycles. The molecule has 0 aromatic heterocycles. The fraction of sp³-hybridized carbons (Fsp3) is 0.133. The van der Waals surface area contributed by atoms with Gasteiger partial charge in [0.1, 0.15) is 5.75 Å². The highest BCUT2D eigenvalue weighted by molar-refractivity contribution is 6.00. The molecule has 3 N–H and O–H groups in total. The van der Waals surface area contributed by atoms with Gasteiger partial charge in [0.15, 0.2) is 12.9 Å². The molecule has 0 fully saturated rings. The molecule has 2 rings (SSSR count). The van der Waals surface area contributed by atoms with E-state index in [0.29, 0.717) is 17.6 Å². The van der Waals surface area contributed by atoms with Crippen LogP contribution in [0.2, 0.25) is 0 Å². The molecule has 6 heteroatoms. The molecular weight excluding hydrogens is 272 g/mol. The summed E-state index contributed by atoms with van der Waals surface area (Å²) in [6.45, 7) is -0.549. The van der Waals surface area contributed by atoms with Crippen molar-refractivity contribution in [2.24, 2.45) is 5.73 Å². The van der Waals surface area contributed by atoms with Crippen LogP contribution in [-0.2, 0) is 9.59 Å². The van der Waals surface area contributed by atoms with Crippen LogP contribution in [0.3, 0.4) is 0 Å². The first kappa shape index (κ1) is 14.5. The van der Waals surface area contributed by atoms with Gasteiger partial charge >= 0.3 is 0 Å². The summed E-state index contributed by atoms with van der Waals surface area (Å²) in [6.07, 6.45) is 0.693. The Hall–Kier alpha value is -2.89. The van der Waals surface area contributed by atoms with Gasteiger partial charge in [-0.3, -0.25) is 14.4 Å². The van der Waals surface area contributed by atoms with E-state index in [4.69, 9.17) is 10.5 Å². The molecule has 0 saturated carbocycles. The van der Waals surface area contributed by atoms with Crippen molar-refractivity contribution in [1.29, 1.82) is 0 Å². The molecule has 6 nitrogen and oxygen atoms in total. The van der Waals surface area contributed by atoms with Crippen LogP contribution in [0.5, 0.6) is 5.75 Å². The van der Waals surface area contributed by atoms with E-state index in [0.717, 1.165) is 10.8 Å². The molecule has 21 heavy (non-hydrogen) atoms. The minimum atomic E-state index is -0.636. The maximum atomic E-state index is 11.5. The highest BCUT2D eigenvalue weighted by Crippen LogP contribution is 2.26. The molecule has 0 radical (unpaired) electrons. The Morgan fingerprint density at radius 2 is 1.95 bits per heavy atom. The summed E-state index contributed by atoms with van der Waals surface area (Å²) in [6, 6.07) is 10.8. The fourth-order valence-electron chi connectivity index (χ4n) is 1.90. The van der Waals surface area contributed by atoms with Crippen LogP contribution in [0, 0.1) is 0 Å². The summed E-state index contributed by atoms with van der Waals surface area (Å²) in [5, 5.41) is 3.96. The molecule has 0 heterocycles. The molecule has 108 valence electrons. The fourth-order valence-corrected chi connectivity index (χ4v) is 1.90. The molecule has 0 aliphatic carbocycles. The second-order valence-electron chi connectivity index (χ2n) is 4.35. The molecule has 2 amide bonds. The van der Waals surface area contributed by atoms with E-state index >= 15 is 0 Å². The zero-order chi connectivity index (χ0) is 15.2. The van der Waals surface area contributed by atoms with E-state index in [1.54, 1.807) is 18.2 Å². The van der Waals surface area contributed by atoms with Crippen LogP contribution in [0.1, 0.15) is 10.4 Å². The standard InChI is InChI=1S/C15H14N2O4/c16-14(19)7-17-15(20)9-21-13-6-5-10-3-1-2-4-11(10)12(13)8-18/h1-6,8H,7,9H2,(H2,16,19)(H,17,20). The van der Waals surface area contributed by atoms with E-state index in [2.05, 4.69) is 5.32 Å². The third-order valence-corrected chi connectivity index (χ3v) is 2.87. The Kier molecular flexibility index (Phi) is 4.50. The van der Waals surface area contributed by atoms with Crippen molar-refractivity contribution >= 4 is 28.9 Å². The molecule has 0 bridgehead atoms. The van der Waals surface area contributed by atoms with Crippen molar-refractivity contribution in [2.45, 2.75) is 0 Å². The van der Waals surface area contributed by atoms with Crippen LogP contribution in [0.4, 0.5) is 0 Å². The summed E-state index contributed by atoms with van der Waals surface area (Å²) in [5.74, 6) is -0.806. The van der Waals surface area contributed by atoms with Crippen molar-refractivity contribution in [2.75, 3.05) is 13.2 Å². The predicted molar refractivity (Wildman–Crippen MR) is 77.0 cm³/mol. The lowest BCUT2D eigenvalue weighted by molar-refractivity contribution is -0.126. The SMILES string of the molecule is NC(=O)CNC(=O)COc1ccc2ccccc2c1C=O. The molecule has 0 spiro atoms. The maximum absolute atomic E-state index is 11.5.